The smallest absolute Gasteiger partial charge is 0.226 e. The van der Waals surface area contributed by atoms with Crippen LogP contribution < -0.4 is 10.1 Å². The largest absolute Gasteiger partial charge is 0.497 e. The molecule has 96 valence electrons. The lowest BCUT2D eigenvalue weighted by atomic mass is 10.3. The first-order valence-corrected chi connectivity index (χ1v) is 6.06. The fourth-order valence-corrected chi connectivity index (χ4v) is 2.02. The highest BCUT2D eigenvalue weighted by Crippen LogP contribution is 2.26. The molecule has 0 saturated carbocycles. The lowest BCUT2D eigenvalue weighted by Crippen LogP contribution is -1.96. The first-order valence-electron chi connectivity index (χ1n) is 5.68. The summed E-state index contributed by atoms with van der Waals surface area (Å²) in [5.74, 6) is 1.43. The van der Waals surface area contributed by atoms with Gasteiger partial charge >= 0.3 is 0 Å². The van der Waals surface area contributed by atoms with Crippen LogP contribution in [-0.2, 0) is 0 Å². The van der Waals surface area contributed by atoms with Crippen molar-refractivity contribution < 1.29 is 4.74 Å². The van der Waals surface area contributed by atoms with Crippen LogP contribution in [0.2, 0.25) is 5.28 Å². The Balaban J connectivity index is 2.02. The van der Waals surface area contributed by atoms with Crippen LogP contribution in [0.15, 0.2) is 36.5 Å². The van der Waals surface area contributed by atoms with E-state index in [1.165, 1.54) is 0 Å². The Morgan fingerprint density at radius 3 is 3.00 bits per heavy atom. The van der Waals surface area contributed by atoms with Gasteiger partial charge in [-0.3, -0.25) is 0 Å². The molecule has 0 bridgehead atoms. The highest BCUT2D eigenvalue weighted by Gasteiger charge is 2.08. The van der Waals surface area contributed by atoms with Crippen LogP contribution in [0.25, 0.3) is 11.0 Å². The summed E-state index contributed by atoms with van der Waals surface area (Å²) >= 11 is 5.90. The van der Waals surface area contributed by atoms with Gasteiger partial charge in [-0.05, 0) is 29.8 Å². The van der Waals surface area contributed by atoms with E-state index in [4.69, 9.17) is 16.3 Å². The van der Waals surface area contributed by atoms with E-state index in [9.17, 15) is 0 Å². The predicted octanol–water partition coefficient (Wildman–Crippen LogP) is 3.36. The number of benzene rings is 1. The fourth-order valence-electron chi connectivity index (χ4n) is 1.85. The van der Waals surface area contributed by atoms with E-state index < -0.39 is 0 Å². The summed E-state index contributed by atoms with van der Waals surface area (Å²) in [6, 6.07) is 9.49. The van der Waals surface area contributed by atoms with E-state index in [0.717, 1.165) is 16.8 Å². The topological polar surface area (TPSA) is 62.8 Å². The van der Waals surface area contributed by atoms with Gasteiger partial charge < -0.3 is 15.0 Å². The fraction of sp³-hybridized carbons (Fsp3) is 0.0769. The van der Waals surface area contributed by atoms with Crippen LogP contribution in [0.5, 0.6) is 5.75 Å². The average Bonchev–Trinajstić information content (AvgIpc) is 2.87. The van der Waals surface area contributed by atoms with Crippen LogP contribution in [0.4, 0.5) is 11.5 Å². The van der Waals surface area contributed by atoms with Gasteiger partial charge in [-0.2, -0.15) is 9.97 Å². The van der Waals surface area contributed by atoms with Crippen LogP contribution >= 0.6 is 11.6 Å². The Hall–Kier alpha value is -2.27. The highest BCUT2D eigenvalue weighted by molar-refractivity contribution is 6.28. The third kappa shape index (κ3) is 2.32. The molecule has 1 aromatic carbocycles. The maximum absolute atomic E-state index is 5.90. The van der Waals surface area contributed by atoms with Gasteiger partial charge in [0.05, 0.1) is 12.5 Å². The molecule has 0 fully saturated rings. The Morgan fingerprint density at radius 1 is 1.26 bits per heavy atom. The number of hydrogen-bond acceptors (Lipinski definition) is 4. The maximum Gasteiger partial charge on any atom is 0.226 e. The zero-order chi connectivity index (χ0) is 13.2. The van der Waals surface area contributed by atoms with Crippen molar-refractivity contribution in [1.29, 1.82) is 0 Å². The molecule has 0 radical (unpaired) electrons. The molecule has 0 saturated heterocycles. The monoisotopic (exact) mass is 274 g/mol. The molecular formula is C13H11ClN4O. The molecule has 3 aromatic rings. The van der Waals surface area contributed by atoms with Crippen LogP contribution in [0.1, 0.15) is 0 Å². The Bertz CT molecular complexity index is 725. The first-order chi connectivity index (χ1) is 9.26. The summed E-state index contributed by atoms with van der Waals surface area (Å²) < 4.78 is 5.18. The van der Waals surface area contributed by atoms with Crippen LogP contribution in [-0.4, -0.2) is 22.1 Å². The van der Waals surface area contributed by atoms with E-state index in [-0.39, 0.29) is 5.28 Å². The van der Waals surface area contributed by atoms with E-state index in [1.54, 1.807) is 13.3 Å². The standard InChI is InChI=1S/C13H11ClN4O/c1-19-9-4-2-3-8(7-9)16-12-10-5-6-15-11(10)17-13(14)18-12/h2-7H,1H3,(H2,15,16,17,18). The number of hydrogen-bond donors (Lipinski definition) is 2. The normalized spacial score (nSPS) is 10.6. The molecule has 5 nitrogen and oxygen atoms in total. The van der Waals surface area contributed by atoms with E-state index in [1.807, 2.05) is 30.3 Å². The van der Waals surface area contributed by atoms with Crippen molar-refractivity contribution in [3.05, 3.63) is 41.8 Å². The number of nitrogens with one attached hydrogen (secondary N) is 2. The molecule has 2 aromatic heterocycles. The van der Waals surface area contributed by atoms with Crippen molar-refractivity contribution in [2.75, 3.05) is 12.4 Å². The summed E-state index contributed by atoms with van der Waals surface area (Å²) in [4.78, 5) is 11.3. The molecule has 0 aliphatic heterocycles. The number of rotatable bonds is 3. The Morgan fingerprint density at radius 2 is 2.16 bits per heavy atom. The van der Waals surface area contributed by atoms with Crippen molar-refractivity contribution in [2.45, 2.75) is 0 Å². The number of ether oxygens (including phenoxy) is 1. The van der Waals surface area contributed by atoms with Crippen molar-refractivity contribution in [2.24, 2.45) is 0 Å². The molecular weight excluding hydrogens is 264 g/mol. The van der Waals surface area contributed by atoms with Gasteiger partial charge in [0.1, 0.15) is 17.2 Å². The van der Waals surface area contributed by atoms with Gasteiger partial charge in [-0.1, -0.05) is 6.07 Å². The summed E-state index contributed by atoms with van der Waals surface area (Å²) in [6.45, 7) is 0. The van der Waals surface area contributed by atoms with Gasteiger partial charge in [0, 0.05) is 18.0 Å². The second-order valence-corrected chi connectivity index (χ2v) is 4.28. The van der Waals surface area contributed by atoms with Crippen molar-refractivity contribution in [3.63, 3.8) is 0 Å². The van der Waals surface area contributed by atoms with Crippen molar-refractivity contribution >= 4 is 34.1 Å². The minimum Gasteiger partial charge on any atom is -0.497 e. The Labute approximate surface area is 114 Å². The molecule has 2 N–H and O–H groups in total. The SMILES string of the molecule is COc1cccc(Nc2nc(Cl)nc3[nH]ccc23)c1. The number of anilines is 2. The minimum atomic E-state index is 0.195. The van der Waals surface area contributed by atoms with E-state index in [0.29, 0.717) is 11.5 Å². The average molecular weight is 275 g/mol. The molecule has 19 heavy (non-hydrogen) atoms. The van der Waals surface area contributed by atoms with Crippen LogP contribution in [0.3, 0.4) is 0 Å². The summed E-state index contributed by atoms with van der Waals surface area (Å²) in [5.41, 5.74) is 1.57. The molecule has 0 amide bonds. The summed E-state index contributed by atoms with van der Waals surface area (Å²) in [5, 5.41) is 4.29. The number of fused-ring (bicyclic) bond motifs is 1. The molecule has 0 aliphatic carbocycles. The third-order valence-electron chi connectivity index (χ3n) is 2.72. The molecule has 0 aliphatic rings. The van der Waals surface area contributed by atoms with Gasteiger partial charge in [0.2, 0.25) is 5.28 Å². The highest BCUT2D eigenvalue weighted by atomic mass is 35.5. The quantitative estimate of drug-likeness (QED) is 0.719. The van der Waals surface area contributed by atoms with Gasteiger partial charge in [-0.15, -0.1) is 0 Å². The molecule has 3 rings (SSSR count). The number of aromatic nitrogens is 3. The first kappa shape index (κ1) is 11.8. The van der Waals surface area contributed by atoms with Gasteiger partial charge in [0.15, 0.2) is 0 Å². The number of aromatic amines is 1. The zero-order valence-electron chi connectivity index (χ0n) is 10.1. The maximum atomic E-state index is 5.90. The van der Waals surface area contributed by atoms with Gasteiger partial charge in [0.25, 0.3) is 0 Å². The molecule has 0 atom stereocenters. The van der Waals surface area contributed by atoms with Gasteiger partial charge in [-0.25, -0.2) is 0 Å². The van der Waals surface area contributed by atoms with E-state index >= 15 is 0 Å². The Kier molecular flexibility index (Phi) is 2.97. The van der Waals surface area contributed by atoms with Crippen molar-refractivity contribution in [3.8, 4) is 5.75 Å². The zero-order valence-corrected chi connectivity index (χ0v) is 10.9. The molecule has 0 unspecified atom stereocenters. The van der Waals surface area contributed by atoms with Crippen LogP contribution in [0, 0.1) is 0 Å². The van der Waals surface area contributed by atoms with Crippen molar-refractivity contribution in [1.82, 2.24) is 15.0 Å². The van der Waals surface area contributed by atoms with E-state index in [2.05, 4.69) is 20.3 Å². The number of nitrogens with zero attached hydrogens (tertiary/aromatic N) is 2. The lowest BCUT2D eigenvalue weighted by Gasteiger charge is -2.08. The molecule has 2 heterocycles. The summed E-state index contributed by atoms with van der Waals surface area (Å²) in [7, 11) is 1.63. The number of methoxy groups -OCH3 is 1. The molecule has 6 heteroatoms. The lowest BCUT2D eigenvalue weighted by molar-refractivity contribution is 0.415. The second-order valence-electron chi connectivity index (χ2n) is 3.94. The number of H-pyrrole nitrogens is 1. The predicted molar refractivity (Wildman–Crippen MR) is 75.2 cm³/mol. The molecule has 0 spiro atoms. The second kappa shape index (κ2) is 4.78. The third-order valence-corrected chi connectivity index (χ3v) is 2.89. The number of halogens is 1. The summed E-state index contributed by atoms with van der Waals surface area (Å²) in [6.07, 6.45) is 1.80. The minimum absolute atomic E-state index is 0.195.